The molecule has 2 bridgehead atoms. The molecule has 3 aliphatic rings. The molecule has 0 spiro atoms. The SMILES string of the molecule is Nc1nc2c(ncn2[C@@H]2O[C@@H]3COP(=O)(O)O[C@H]4C[C@H](n5ccc6c(N)ccnc65)O[C@@H]4COP(=S)(S)O[C@@H]2C3)c(=O)[nH]1. The summed E-state index contributed by atoms with van der Waals surface area (Å²) < 4.78 is 51.8. The Labute approximate surface area is 252 Å². The minimum Gasteiger partial charge on any atom is -0.398 e. The van der Waals surface area contributed by atoms with E-state index in [4.69, 9.17) is 50.8 Å². The molecule has 7 rings (SSSR count). The van der Waals surface area contributed by atoms with Gasteiger partial charge in [-0.3, -0.25) is 23.4 Å². The lowest BCUT2D eigenvalue weighted by Crippen LogP contribution is -2.29. The molecule has 0 aromatic carbocycles. The molecular formula is C22H26N8O9P2S2. The number of nitrogens with one attached hydrogen (secondary N) is 1. The van der Waals surface area contributed by atoms with Gasteiger partial charge in [0.1, 0.15) is 30.2 Å². The maximum Gasteiger partial charge on any atom is 0.472 e. The van der Waals surface area contributed by atoms with Gasteiger partial charge in [-0.05, 0) is 23.9 Å². The average Bonchev–Trinajstić information content (AvgIpc) is 3.71. The fourth-order valence-corrected chi connectivity index (χ4v) is 8.47. The van der Waals surface area contributed by atoms with E-state index in [1.165, 1.54) is 10.9 Å². The summed E-state index contributed by atoms with van der Waals surface area (Å²) in [5.74, 6) is -0.116. The smallest absolute Gasteiger partial charge is 0.398 e. The molecule has 0 amide bonds. The van der Waals surface area contributed by atoms with Crippen LogP contribution in [0.15, 0.2) is 35.6 Å². The molecule has 0 saturated carbocycles. The van der Waals surface area contributed by atoms with Crippen LogP contribution >= 0.6 is 25.8 Å². The number of anilines is 2. The molecule has 8 atom stereocenters. The molecule has 43 heavy (non-hydrogen) atoms. The summed E-state index contributed by atoms with van der Waals surface area (Å²) in [6, 6.07) is 3.50. The van der Waals surface area contributed by atoms with E-state index in [-0.39, 0.29) is 43.2 Å². The minimum atomic E-state index is -4.61. The van der Waals surface area contributed by atoms with Crippen molar-refractivity contribution in [2.24, 2.45) is 0 Å². The van der Waals surface area contributed by atoms with Gasteiger partial charge in [-0.1, -0.05) is 12.2 Å². The highest BCUT2D eigenvalue weighted by atomic mass is 32.9. The fraction of sp³-hybridized carbons (Fsp3) is 0.455. The van der Waals surface area contributed by atoms with E-state index < -0.39 is 55.9 Å². The molecule has 0 aliphatic carbocycles. The molecule has 7 heterocycles. The van der Waals surface area contributed by atoms with Gasteiger partial charge >= 0.3 is 7.82 Å². The van der Waals surface area contributed by atoms with Crippen molar-refractivity contribution in [1.29, 1.82) is 0 Å². The maximum absolute atomic E-state index is 13.1. The van der Waals surface area contributed by atoms with Gasteiger partial charge in [-0.2, -0.15) is 4.98 Å². The number of nitrogens with zero attached hydrogens (tertiary/aromatic N) is 5. The number of nitrogen functional groups attached to an aromatic ring is 2. The van der Waals surface area contributed by atoms with Crippen molar-refractivity contribution in [2.75, 3.05) is 24.7 Å². The van der Waals surface area contributed by atoms with Crippen molar-refractivity contribution in [3.63, 3.8) is 0 Å². The van der Waals surface area contributed by atoms with Crippen LogP contribution in [-0.2, 0) is 43.9 Å². The maximum atomic E-state index is 13.1. The number of phosphoric ester groups is 1. The summed E-state index contributed by atoms with van der Waals surface area (Å²) in [5, 5.41) is 0.735. The number of imidazole rings is 1. The summed E-state index contributed by atoms with van der Waals surface area (Å²) in [4.78, 5) is 38.1. The molecule has 230 valence electrons. The predicted octanol–water partition coefficient (Wildman–Crippen LogP) is 1.98. The zero-order chi connectivity index (χ0) is 30.1. The lowest BCUT2D eigenvalue weighted by atomic mass is 10.2. The normalized spacial score (nSPS) is 35.4. The third-order valence-corrected chi connectivity index (χ3v) is 10.6. The van der Waals surface area contributed by atoms with Crippen LogP contribution < -0.4 is 17.0 Å². The van der Waals surface area contributed by atoms with Crippen LogP contribution in [0.3, 0.4) is 0 Å². The molecule has 3 fully saturated rings. The fourth-order valence-electron chi connectivity index (χ4n) is 5.48. The van der Waals surface area contributed by atoms with Gasteiger partial charge in [-0.15, -0.1) is 0 Å². The monoisotopic (exact) mass is 672 g/mol. The zero-order valence-electron chi connectivity index (χ0n) is 22.0. The zero-order valence-corrected chi connectivity index (χ0v) is 25.5. The quantitative estimate of drug-likeness (QED) is 0.152. The predicted molar refractivity (Wildman–Crippen MR) is 159 cm³/mol. The highest BCUT2D eigenvalue weighted by Gasteiger charge is 2.46. The Balaban J connectivity index is 1.17. The number of H-pyrrole nitrogens is 1. The van der Waals surface area contributed by atoms with Gasteiger partial charge < -0.3 is 39.4 Å². The average molecular weight is 673 g/mol. The van der Waals surface area contributed by atoms with E-state index in [9.17, 15) is 14.3 Å². The topological polar surface area (TPSA) is 226 Å². The molecule has 4 aromatic rings. The van der Waals surface area contributed by atoms with Crippen LogP contribution in [0.25, 0.3) is 22.2 Å². The van der Waals surface area contributed by atoms with E-state index in [0.717, 1.165) is 5.39 Å². The summed E-state index contributed by atoms with van der Waals surface area (Å²) in [6.45, 7) is -0.490. The molecule has 0 radical (unpaired) electrons. The van der Waals surface area contributed by atoms with Crippen LogP contribution in [0.4, 0.5) is 11.6 Å². The lowest BCUT2D eigenvalue weighted by molar-refractivity contribution is -0.0581. The molecule has 2 unspecified atom stereocenters. The second-order valence-corrected chi connectivity index (χ2v) is 16.8. The van der Waals surface area contributed by atoms with Crippen molar-refractivity contribution < 1.29 is 37.0 Å². The largest absolute Gasteiger partial charge is 0.472 e. The van der Waals surface area contributed by atoms with Crippen LogP contribution in [0.2, 0.25) is 0 Å². The van der Waals surface area contributed by atoms with E-state index in [2.05, 4.69) is 32.2 Å². The van der Waals surface area contributed by atoms with E-state index >= 15 is 0 Å². The molecule has 6 N–H and O–H groups in total. The van der Waals surface area contributed by atoms with Crippen LogP contribution in [0.5, 0.6) is 0 Å². The number of phosphoric acid groups is 1. The van der Waals surface area contributed by atoms with Gasteiger partial charge in [0.2, 0.25) is 11.6 Å². The highest BCUT2D eigenvalue weighted by Crippen LogP contribution is 2.58. The van der Waals surface area contributed by atoms with Gasteiger partial charge in [0.15, 0.2) is 17.4 Å². The minimum absolute atomic E-state index is 0.0350. The Hall–Kier alpha value is -2.41. The van der Waals surface area contributed by atoms with Crippen molar-refractivity contribution in [3.05, 3.63) is 41.2 Å². The first-order valence-electron chi connectivity index (χ1n) is 13.0. The molecule has 3 aliphatic heterocycles. The first kappa shape index (κ1) is 29.3. The number of thiol groups is 1. The summed E-state index contributed by atoms with van der Waals surface area (Å²) in [7, 11) is -4.61. The first-order valence-corrected chi connectivity index (χ1v) is 18.3. The van der Waals surface area contributed by atoms with Crippen molar-refractivity contribution >= 4 is 71.4 Å². The molecule has 4 aromatic heterocycles. The second-order valence-electron chi connectivity index (χ2n) is 10.2. The molecule has 3 saturated heterocycles. The third-order valence-electron chi connectivity index (χ3n) is 7.37. The number of ether oxygens (including phenoxy) is 2. The van der Waals surface area contributed by atoms with Crippen molar-refractivity contribution in [3.8, 4) is 0 Å². The van der Waals surface area contributed by atoms with Gasteiger partial charge in [-0.25, -0.2) is 14.5 Å². The van der Waals surface area contributed by atoms with Gasteiger partial charge in [0, 0.05) is 36.3 Å². The van der Waals surface area contributed by atoms with Crippen molar-refractivity contribution in [1.82, 2.24) is 29.1 Å². The van der Waals surface area contributed by atoms with E-state index in [1.54, 1.807) is 23.0 Å². The second kappa shape index (κ2) is 10.9. The van der Waals surface area contributed by atoms with Crippen molar-refractivity contribution in [2.45, 2.75) is 49.7 Å². The van der Waals surface area contributed by atoms with Crippen LogP contribution in [-0.4, -0.2) is 71.6 Å². The van der Waals surface area contributed by atoms with E-state index in [0.29, 0.717) is 11.3 Å². The number of fused-ring (bicyclic) bond motifs is 5. The number of hydrogen-bond donors (Lipinski definition) is 5. The van der Waals surface area contributed by atoms with Crippen LogP contribution in [0, 0.1) is 0 Å². The van der Waals surface area contributed by atoms with Gasteiger partial charge in [0.25, 0.3) is 5.56 Å². The number of hydrogen-bond acceptors (Lipinski definition) is 14. The highest BCUT2D eigenvalue weighted by molar-refractivity contribution is 8.60. The number of pyridine rings is 1. The Morgan fingerprint density at radius 1 is 1.05 bits per heavy atom. The lowest BCUT2D eigenvalue weighted by Gasteiger charge is -2.27. The Bertz CT molecular complexity index is 1870. The first-order chi connectivity index (χ1) is 20.5. The standard InChI is InChI=1S/C22H26N8O9P2S2/c23-12-1-3-25-18-11(12)2-4-29(18)16-6-13-15(37-16)8-35-41(42,43)39-14-5-10(7-34-40(32,33)38-13)36-21(14)30-9-26-17-19(30)27-22(24)28-20(17)31/h1-4,9-10,13-16,21H,5-8H2,(H2,23,25)(H,32,33)(H,42,43)(H3,24,27,28,31)/t10-,13-,14+,15+,16+,21+/m0/s1. The molecular weight excluding hydrogens is 646 g/mol. The molecule has 21 heteroatoms. The third kappa shape index (κ3) is 5.64. The number of rotatable bonds is 2. The number of aromatic amines is 1. The van der Waals surface area contributed by atoms with Gasteiger partial charge in [0.05, 0.1) is 25.6 Å². The van der Waals surface area contributed by atoms with Crippen LogP contribution in [0.1, 0.15) is 25.3 Å². The summed E-state index contributed by atoms with van der Waals surface area (Å²) in [6.07, 6.45) is 0.218. The Morgan fingerprint density at radius 3 is 2.72 bits per heavy atom. The summed E-state index contributed by atoms with van der Waals surface area (Å²) >= 11 is 10.2. The number of nitrogens with two attached hydrogens (primary N) is 2. The number of aromatic nitrogens is 6. The van der Waals surface area contributed by atoms with E-state index in [1.807, 2.05) is 6.07 Å². The Morgan fingerprint density at radius 2 is 1.88 bits per heavy atom. The summed E-state index contributed by atoms with van der Waals surface area (Å²) in [5.41, 5.74) is 9.35. The molecule has 17 nitrogen and oxygen atoms in total. The Kier molecular flexibility index (Phi) is 7.42.